The maximum atomic E-state index is 10.7. The smallest absolute Gasteiger partial charge is 0.288 e. The molecule has 0 radical (unpaired) electrons. The minimum absolute atomic E-state index is 0.00635. The maximum absolute atomic E-state index is 10.7. The van der Waals surface area contributed by atoms with Gasteiger partial charge in [0.1, 0.15) is 12.0 Å². The predicted molar refractivity (Wildman–Crippen MR) is 77.7 cm³/mol. The maximum Gasteiger partial charge on any atom is 0.288 e. The van der Waals surface area contributed by atoms with Crippen molar-refractivity contribution in [3.8, 4) is 0 Å². The Morgan fingerprint density at radius 3 is 3.05 bits per heavy atom. The number of rotatable bonds is 3. The molecule has 0 aromatic carbocycles. The molecule has 1 N–H and O–H groups in total. The highest BCUT2D eigenvalue weighted by Gasteiger charge is 2.37. The molecule has 1 aromatic rings. The molecule has 20 heavy (non-hydrogen) atoms. The van der Waals surface area contributed by atoms with E-state index in [1.165, 1.54) is 12.3 Å². The van der Waals surface area contributed by atoms with Crippen LogP contribution < -0.4 is 5.32 Å². The summed E-state index contributed by atoms with van der Waals surface area (Å²) in [5, 5.41) is 14.1. The topological polar surface area (TPSA) is 77.3 Å². The second-order valence-corrected chi connectivity index (χ2v) is 6.18. The molecule has 1 saturated heterocycles. The van der Waals surface area contributed by atoms with Crippen LogP contribution in [0.1, 0.15) is 25.7 Å². The SMILES string of the molecule is O=[N+]([O-])c1cnc(NC2CCCC3OCCC23)c(Br)c1. The summed E-state index contributed by atoms with van der Waals surface area (Å²) in [4.78, 5) is 14.4. The van der Waals surface area contributed by atoms with Gasteiger partial charge in [-0.25, -0.2) is 4.98 Å². The van der Waals surface area contributed by atoms with Crippen molar-refractivity contribution in [2.24, 2.45) is 5.92 Å². The molecule has 108 valence electrons. The lowest BCUT2D eigenvalue weighted by atomic mass is 9.82. The van der Waals surface area contributed by atoms with Crippen molar-refractivity contribution in [1.29, 1.82) is 0 Å². The highest BCUT2D eigenvalue weighted by atomic mass is 79.9. The van der Waals surface area contributed by atoms with Gasteiger partial charge in [0.05, 0.1) is 15.5 Å². The Labute approximate surface area is 125 Å². The van der Waals surface area contributed by atoms with Gasteiger partial charge in [-0.2, -0.15) is 0 Å². The Bertz CT molecular complexity index is 526. The number of nitro groups is 1. The normalized spacial score (nSPS) is 28.9. The molecule has 1 aliphatic carbocycles. The van der Waals surface area contributed by atoms with Crippen LogP contribution in [0.2, 0.25) is 0 Å². The van der Waals surface area contributed by atoms with E-state index in [-0.39, 0.29) is 5.69 Å². The first kappa shape index (κ1) is 13.8. The van der Waals surface area contributed by atoms with Crippen LogP contribution in [-0.2, 0) is 4.74 Å². The Kier molecular flexibility index (Phi) is 3.89. The summed E-state index contributed by atoms with van der Waals surface area (Å²) in [5.41, 5.74) is -0.00635. The van der Waals surface area contributed by atoms with Crippen LogP contribution >= 0.6 is 15.9 Å². The Morgan fingerprint density at radius 2 is 2.30 bits per heavy atom. The lowest BCUT2D eigenvalue weighted by molar-refractivity contribution is -0.385. The molecule has 3 rings (SSSR count). The molecule has 2 heterocycles. The zero-order valence-electron chi connectivity index (χ0n) is 10.9. The fourth-order valence-electron chi connectivity index (χ4n) is 3.16. The Morgan fingerprint density at radius 1 is 1.45 bits per heavy atom. The standard InChI is InChI=1S/C13H16BrN3O3/c14-10-6-8(17(18)19)7-15-13(10)16-11-2-1-3-12-9(11)4-5-20-12/h6-7,9,11-12H,1-5H2,(H,15,16). The number of hydrogen-bond acceptors (Lipinski definition) is 5. The van der Waals surface area contributed by atoms with Gasteiger partial charge in [0.15, 0.2) is 0 Å². The van der Waals surface area contributed by atoms with Crippen molar-refractivity contribution >= 4 is 27.4 Å². The average Bonchev–Trinajstić information content (AvgIpc) is 2.90. The molecule has 0 spiro atoms. The summed E-state index contributed by atoms with van der Waals surface area (Å²) in [6, 6.07) is 1.82. The number of nitrogens with zero attached hydrogens (tertiary/aromatic N) is 2. The lowest BCUT2D eigenvalue weighted by Gasteiger charge is -2.33. The summed E-state index contributed by atoms with van der Waals surface area (Å²) >= 11 is 3.35. The van der Waals surface area contributed by atoms with Gasteiger partial charge in [0.25, 0.3) is 5.69 Å². The fraction of sp³-hybridized carbons (Fsp3) is 0.615. The van der Waals surface area contributed by atoms with E-state index in [0.717, 1.165) is 32.3 Å². The van der Waals surface area contributed by atoms with Gasteiger partial charge < -0.3 is 10.1 Å². The molecule has 1 aromatic heterocycles. The van der Waals surface area contributed by atoms with Gasteiger partial charge >= 0.3 is 0 Å². The second-order valence-electron chi connectivity index (χ2n) is 5.32. The molecule has 2 fully saturated rings. The van der Waals surface area contributed by atoms with Gasteiger partial charge in [-0.15, -0.1) is 0 Å². The molecule has 1 aliphatic heterocycles. The minimum Gasteiger partial charge on any atom is -0.378 e. The van der Waals surface area contributed by atoms with E-state index in [2.05, 4.69) is 26.2 Å². The van der Waals surface area contributed by atoms with Gasteiger partial charge in [-0.05, 0) is 41.6 Å². The molecule has 0 bridgehead atoms. The van der Waals surface area contributed by atoms with Crippen LogP contribution in [0, 0.1) is 16.0 Å². The summed E-state index contributed by atoms with van der Waals surface area (Å²) in [5.74, 6) is 1.20. The summed E-state index contributed by atoms with van der Waals surface area (Å²) in [6.07, 6.45) is 6.10. The average molecular weight is 342 g/mol. The third-order valence-electron chi connectivity index (χ3n) is 4.14. The molecular formula is C13H16BrN3O3. The molecule has 6 nitrogen and oxygen atoms in total. The first-order chi connectivity index (χ1) is 9.65. The number of anilines is 1. The number of fused-ring (bicyclic) bond motifs is 1. The second kappa shape index (κ2) is 5.65. The summed E-state index contributed by atoms with van der Waals surface area (Å²) < 4.78 is 6.38. The first-order valence-corrected chi connectivity index (χ1v) is 7.62. The Hall–Kier alpha value is -1.21. The number of hydrogen-bond donors (Lipinski definition) is 1. The van der Waals surface area contributed by atoms with Crippen LogP contribution in [0.25, 0.3) is 0 Å². The molecule has 7 heteroatoms. The van der Waals surface area contributed by atoms with Gasteiger partial charge in [0, 0.05) is 24.6 Å². The molecular weight excluding hydrogens is 326 g/mol. The van der Waals surface area contributed by atoms with E-state index in [4.69, 9.17) is 4.74 Å². The molecule has 3 atom stereocenters. The highest BCUT2D eigenvalue weighted by molar-refractivity contribution is 9.10. The number of ether oxygens (including phenoxy) is 1. The number of halogens is 1. The van der Waals surface area contributed by atoms with Crippen molar-refractivity contribution in [3.63, 3.8) is 0 Å². The van der Waals surface area contributed by atoms with Crippen LogP contribution in [0.15, 0.2) is 16.7 Å². The van der Waals surface area contributed by atoms with Crippen molar-refractivity contribution in [3.05, 3.63) is 26.9 Å². The van der Waals surface area contributed by atoms with Crippen LogP contribution in [0.5, 0.6) is 0 Å². The van der Waals surface area contributed by atoms with Gasteiger partial charge in [-0.1, -0.05) is 0 Å². The van der Waals surface area contributed by atoms with Gasteiger partial charge in [0.2, 0.25) is 0 Å². The van der Waals surface area contributed by atoms with E-state index in [0.29, 0.717) is 28.4 Å². The van der Waals surface area contributed by atoms with E-state index in [1.54, 1.807) is 0 Å². The van der Waals surface area contributed by atoms with Crippen molar-refractivity contribution in [2.45, 2.75) is 37.8 Å². The number of pyridine rings is 1. The minimum atomic E-state index is -0.441. The lowest BCUT2D eigenvalue weighted by Crippen LogP contribution is -2.38. The van der Waals surface area contributed by atoms with Crippen LogP contribution in [-0.4, -0.2) is 28.7 Å². The fourth-order valence-corrected chi connectivity index (χ4v) is 3.62. The highest BCUT2D eigenvalue weighted by Crippen LogP contribution is 2.37. The van der Waals surface area contributed by atoms with Crippen LogP contribution in [0.3, 0.4) is 0 Å². The number of aromatic nitrogens is 1. The van der Waals surface area contributed by atoms with E-state index in [1.807, 2.05) is 0 Å². The quantitative estimate of drug-likeness (QED) is 0.675. The van der Waals surface area contributed by atoms with Crippen molar-refractivity contribution < 1.29 is 9.66 Å². The van der Waals surface area contributed by atoms with Crippen molar-refractivity contribution in [2.75, 3.05) is 11.9 Å². The summed E-state index contributed by atoms with van der Waals surface area (Å²) in [7, 11) is 0. The molecule has 3 unspecified atom stereocenters. The van der Waals surface area contributed by atoms with Gasteiger partial charge in [-0.3, -0.25) is 10.1 Å². The third kappa shape index (κ3) is 2.64. The zero-order chi connectivity index (χ0) is 14.1. The first-order valence-electron chi connectivity index (χ1n) is 6.83. The molecule has 1 saturated carbocycles. The predicted octanol–water partition coefficient (Wildman–Crippen LogP) is 3.12. The molecule has 2 aliphatic rings. The monoisotopic (exact) mass is 341 g/mol. The third-order valence-corrected chi connectivity index (χ3v) is 4.75. The number of nitrogens with one attached hydrogen (secondary N) is 1. The molecule has 0 amide bonds. The van der Waals surface area contributed by atoms with Crippen molar-refractivity contribution in [1.82, 2.24) is 4.98 Å². The summed E-state index contributed by atoms with van der Waals surface area (Å²) in [6.45, 7) is 0.836. The van der Waals surface area contributed by atoms with E-state index >= 15 is 0 Å². The zero-order valence-corrected chi connectivity index (χ0v) is 12.5. The van der Waals surface area contributed by atoms with E-state index < -0.39 is 4.92 Å². The largest absolute Gasteiger partial charge is 0.378 e. The van der Waals surface area contributed by atoms with E-state index in [9.17, 15) is 10.1 Å². The Balaban J connectivity index is 1.75. The van der Waals surface area contributed by atoms with Crippen LogP contribution in [0.4, 0.5) is 11.5 Å².